The maximum absolute atomic E-state index is 14.2. The van der Waals surface area contributed by atoms with Crippen molar-refractivity contribution in [2.24, 2.45) is 0 Å². The van der Waals surface area contributed by atoms with Gasteiger partial charge in [0, 0.05) is 29.1 Å². The molecule has 0 amide bonds. The van der Waals surface area contributed by atoms with Crippen LogP contribution in [0.4, 0.5) is 5.69 Å². The van der Waals surface area contributed by atoms with Crippen LogP contribution in [0.1, 0.15) is 53.8 Å². The normalized spacial score (nSPS) is 11.7. The zero-order valence-corrected chi connectivity index (χ0v) is 23.4. The number of esters is 1. The van der Waals surface area contributed by atoms with E-state index < -0.39 is 16.0 Å². The summed E-state index contributed by atoms with van der Waals surface area (Å²) in [5, 5.41) is 4.41. The third-order valence-corrected chi connectivity index (χ3v) is 8.54. The van der Waals surface area contributed by atoms with Gasteiger partial charge in [-0.15, -0.1) is 0 Å². The first-order valence-electron chi connectivity index (χ1n) is 12.5. The molecule has 4 aromatic rings. The summed E-state index contributed by atoms with van der Waals surface area (Å²) < 4.78 is 46.0. The smallest absolute Gasteiger partial charge is 0.374 e. The summed E-state index contributed by atoms with van der Waals surface area (Å²) in [6, 6.07) is 12.0. The second-order valence-electron chi connectivity index (χ2n) is 8.67. The number of carbonyl (C=O) groups is 1. The van der Waals surface area contributed by atoms with Gasteiger partial charge in [-0.2, -0.15) is 0 Å². The Morgan fingerprint density at radius 2 is 1.89 bits per heavy atom. The quantitative estimate of drug-likeness (QED) is 0.218. The highest BCUT2D eigenvalue weighted by Crippen LogP contribution is 2.36. The molecule has 0 aliphatic heterocycles. The molecule has 0 radical (unpaired) electrons. The average Bonchev–Trinajstić information content (AvgIpc) is 3.53. The minimum Gasteiger partial charge on any atom is -0.468 e. The summed E-state index contributed by atoms with van der Waals surface area (Å²) in [5.74, 6) is 0.281. The van der Waals surface area contributed by atoms with Crippen LogP contribution in [-0.4, -0.2) is 27.5 Å². The molecule has 0 saturated heterocycles. The predicted molar refractivity (Wildman–Crippen MR) is 147 cm³/mol. The van der Waals surface area contributed by atoms with Gasteiger partial charge in [-0.25, -0.2) is 13.2 Å². The molecule has 2 aromatic heterocycles. The zero-order chi connectivity index (χ0) is 27.4. The zero-order valence-electron chi connectivity index (χ0n) is 21.8. The first kappa shape index (κ1) is 27.8. The van der Waals surface area contributed by atoms with Gasteiger partial charge in [-0.3, -0.25) is 4.31 Å². The van der Waals surface area contributed by atoms with Gasteiger partial charge in [-0.1, -0.05) is 18.5 Å². The highest BCUT2D eigenvalue weighted by Gasteiger charge is 2.30. The molecule has 0 atom stereocenters. The first-order chi connectivity index (χ1) is 18.2. The number of rotatable bonds is 11. The fraction of sp³-hybridized carbons (Fsp3) is 0.321. The van der Waals surface area contributed by atoms with Gasteiger partial charge < -0.3 is 18.9 Å². The van der Waals surface area contributed by atoms with E-state index in [2.05, 4.69) is 5.32 Å². The standard InChI is InChI=1S/C28H31ClN2O6S/c1-5-22-25(13-12-24-26(22)18(4)27(37-24)28(32)35-7-3)38(33,34)31(6-2)23-11-10-20(29)15-19(23)16-30-17-21-9-8-14-36-21/h8-15,30H,5-7,16-17H2,1-4H3. The van der Waals surface area contributed by atoms with Crippen LogP contribution in [0.5, 0.6) is 0 Å². The summed E-state index contributed by atoms with van der Waals surface area (Å²) in [7, 11) is -3.99. The molecule has 0 aliphatic carbocycles. The maximum atomic E-state index is 14.2. The van der Waals surface area contributed by atoms with E-state index in [1.54, 1.807) is 57.4 Å². The number of fused-ring (bicyclic) bond motifs is 1. The van der Waals surface area contributed by atoms with E-state index in [4.69, 9.17) is 25.2 Å². The summed E-state index contributed by atoms with van der Waals surface area (Å²) >= 11 is 6.29. The third-order valence-electron chi connectivity index (χ3n) is 6.33. The Morgan fingerprint density at radius 3 is 2.55 bits per heavy atom. The largest absolute Gasteiger partial charge is 0.468 e. The number of furan rings is 2. The molecule has 0 spiro atoms. The molecule has 4 rings (SSSR count). The number of anilines is 1. The van der Waals surface area contributed by atoms with Crippen LogP contribution >= 0.6 is 11.6 Å². The van der Waals surface area contributed by atoms with Crippen LogP contribution in [0.15, 0.2) is 62.5 Å². The number of hydrogen-bond donors (Lipinski definition) is 1. The van der Waals surface area contributed by atoms with Gasteiger partial charge in [0.25, 0.3) is 10.0 Å². The van der Waals surface area contributed by atoms with E-state index in [9.17, 15) is 13.2 Å². The highest BCUT2D eigenvalue weighted by molar-refractivity contribution is 7.92. The minimum absolute atomic E-state index is 0.0843. The first-order valence-corrected chi connectivity index (χ1v) is 14.3. The lowest BCUT2D eigenvalue weighted by molar-refractivity contribution is 0.0491. The Bertz CT molecular complexity index is 1540. The fourth-order valence-corrected chi connectivity index (χ4v) is 6.66. The van der Waals surface area contributed by atoms with Gasteiger partial charge in [0.1, 0.15) is 11.3 Å². The number of carbonyl (C=O) groups excluding carboxylic acids is 1. The van der Waals surface area contributed by atoms with Crippen LogP contribution in [0.3, 0.4) is 0 Å². The van der Waals surface area contributed by atoms with Gasteiger partial charge in [-0.05, 0) is 80.8 Å². The molecule has 0 unspecified atom stereocenters. The lowest BCUT2D eigenvalue weighted by Crippen LogP contribution is -2.33. The second kappa shape index (κ2) is 11.6. The molecule has 1 N–H and O–H groups in total. The molecule has 2 aromatic carbocycles. The number of nitrogens with zero attached hydrogens (tertiary/aromatic N) is 1. The number of sulfonamides is 1. The van der Waals surface area contributed by atoms with E-state index in [0.29, 0.717) is 52.3 Å². The van der Waals surface area contributed by atoms with Crippen molar-refractivity contribution in [3.8, 4) is 0 Å². The van der Waals surface area contributed by atoms with Gasteiger partial charge >= 0.3 is 5.97 Å². The van der Waals surface area contributed by atoms with Crippen molar-refractivity contribution < 1.29 is 26.8 Å². The molecule has 0 aliphatic rings. The number of hydrogen-bond acceptors (Lipinski definition) is 7. The van der Waals surface area contributed by atoms with Crippen molar-refractivity contribution in [2.75, 3.05) is 17.5 Å². The number of benzene rings is 2. The van der Waals surface area contributed by atoms with Crippen LogP contribution in [0, 0.1) is 6.92 Å². The molecule has 38 heavy (non-hydrogen) atoms. The van der Waals surface area contributed by atoms with Crippen LogP contribution in [-0.2, 0) is 34.3 Å². The molecule has 202 valence electrons. The van der Waals surface area contributed by atoms with Gasteiger partial charge in [0.15, 0.2) is 0 Å². The van der Waals surface area contributed by atoms with Crippen LogP contribution in [0.25, 0.3) is 11.0 Å². The van der Waals surface area contributed by atoms with Gasteiger partial charge in [0.2, 0.25) is 5.76 Å². The van der Waals surface area contributed by atoms with Crippen molar-refractivity contribution >= 4 is 44.3 Å². The predicted octanol–water partition coefficient (Wildman–Crippen LogP) is 6.23. The molecule has 10 heteroatoms. The number of halogens is 1. The Kier molecular flexibility index (Phi) is 8.50. The molecule has 0 bridgehead atoms. The Balaban J connectivity index is 1.76. The van der Waals surface area contributed by atoms with Crippen molar-refractivity contribution in [1.29, 1.82) is 0 Å². The van der Waals surface area contributed by atoms with Crippen molar-refractivity contribution in [2.45, 2.75) is 52.1 Å². The van der Waals surface area contributed by atoms with E-state index >= 15 is 0 Å². The highest BCUT2D eigenvalue weighted by atomic mass is 35.5. The number of aryl methyl sites for hydroxylation is 2. The molecular weight excluding hydrogens is 528 g/mol. The average molecular weight is 559 g/mol. The summed E-state index contributed by atoms with van der Waals surface area (Å²) in [4.78, 5) is 12.6. The van der Waals surface area contributed by atoms with E-state index in [1.165, 1.54) is 4.31 Å². The lowest BCUT2D eigenvalue weighted by Gasteiger charge is -2.27. The van der Waals surface area contributed by atoms with E-state index in [-0.39, 0.29) is 23.8 Å². The summed E-state index contributed by atoms with van der Waals surface area (Å²) in [6.07, 6.45) is 2.02. The molecular formula is C28H31ClN2O6S. The molecule has 0 fully saturated rings. The fourth-order valence-electron chi connectivity index (χ4n) is 4.65. The van der Waals surface area contributed by atoms with Gasteiger partial charge in [0.05, 0.1) is 30.0 Å². The minimum atomic E-state index is -3.99. The number of nitrogens with one attached hydrogen (secondary N) is 1. The van der Waals surface area contributed by atoms with Crippen molar-refractivity contribution in [1.82, 2.24) is 5.32 Å². The number of ether oxygens (including phenoxy) is 1. The maximum Gasteiger partial charge on any atom is 0.374 e. The second-order valence-corrected chi connectivity index (χ2v) is 10.9. The molecule has 8 nitrogen and oxygen atoms in total. The SMILES string of the molecule is CCOC(=O)c1oc2ccc(S(=O)(=O)N(CC)c3ccc(Cl)cc3CNCc3ccco3)c(CC)c2c1C. The van der Waals surface area contributed by atoms with E-state index in [1.807, 2.05) is 19.1 Å². The Morgan fingerprint density at radius 1 is 1.11 bits per heavy atom. The monoisotopic (exact) mass is 558 g/mol. The Hall–Kier alpha value is -3.27. The van der Waals surface area contributed by atoms with E-state index in [0.717, 1.165) is 11.3 Å². The molecule has 0 saturated carbocycles. The van der Waals surface area contributed by atoms with Crippen LogP contribution in [0.2, 0.25) is 5.02 Å². The lowest BCUT2D eigenvalue weighted by atomic mass is 10.0. The van der Waals surface area contributed by atoms with Crippen molar-refractivity contribution in [3.63, 3.8) is 0 Å². The van der Waals surface area contributed by atoms with Crippen LogP contribution < -0.4 is 9.62 Å². The van der Waals surface area contributed by atoms with Crippen molar-refractivity contribution in [3.05, 3.63) is 82.0 Å². The summed E-state index contributed by atoms with van der Waals surface area (Å²) in [6.45, 7) is 8.41. The molecule has 2 heterocycles. The third kappa shape index (κ3) is 5.32. The topological polar surface area (TPSA) is 102 Å². The summed E-state index contributed by atoms with van der Waals surface area (Å²) in [5.41, 5.74) is 2.85. The Labute approximate surface area is 227 Å².